The number of carbonyl (C=O) groups excluding carboxylic acids is 2. The first kappa shape index (κ1) is 29.7. The number of pyridine rings is 1. The van der Waals surface area contributed by atoms with E-state index in [-0.39, 0.29) is 27.2 Å². The molecule has 210 valence electrons. The Morgan fingerprint density at radius 2 is 1.87 bits per heavy atom. The predicted octanol–water partition coefficient (Wildman–Crippen LogP) is 5.02. The van der Waals surface area contributed by atoms with Gasteiger partial charge in [-0.1, -0.05) is 0 Å². The summed E-state index contributed by atoms with van der Waals surface area (Å²) in [4.78, 5) is 35.9. The summed E-state index contributed by atoms with van der Waals surface area (Å²) < 4.78 is 67.1. The molecule has 3 atom stereocenters. The van der Waals surface area contributed by atoms with Gasteiger partial charge in [-0.05, 0) is 53.5 Å². The summed E-state index contributed by atoms with van der Waals surface area (Å²) in [5, 5.41) is 14.6. The van der Waals surface area contributed by atoms with Gasteiger partial charge in [-0.3, -0.25) is 9.59 Å². The molecule has 3 rings (SSSR count). The fraction of sp³-hybridized carbons (Fsp3) is 0.583. The fourth-order valence-corrected chi connectivity index (χ4v) is 4.77. The number of nitrogens with one attached hydrogen (secondary N) is 2. The Kier molecular flexibility index (Phi) is 8.66. The first-order chi connectivity index (χ1) is 17.5. The predicted molar refractivity (Wildman–Crippen MR) is 132 cm³/mol. The van der Waals surface area contributed by atoms with Crippen LogP contribution in [0.4, 0.5) is 27.8 Å². The molecule has 1 aliphatic rings. The molecule has 0 aliphatic carbocycles. The van der Waals surface area contributed by atoms with E-state index in [0.717, 1.165) is 32.0 Å². The van der Waals surface area contributed by atoms with Crippen LogP contribution >= 0.6 is 11.3 Å². The van der Waals surface area contributed by atoms with Crippen molar-refractivity contribution in [3.05, 3.63) is 28.5 Å². The molecule has 2 aromatic heterocycles. The molecule has 2 amide bonds. The zero-order chi connectivity index (χ0) is 28.6. The maximum Gasteiger partial charge on any atom is 0.408 e. The van der Waals surface area contributed by atoms with Gasteiger partial charge in [0.2, 0.25) is 0 Å². The minimum Gasteiger partial charge on any atom is -0.388 e. The first-order valence-corrected chi connectivity index (χ1v) is 12.8. The highest BCUT2D eigenvalue weighted by Crippen LogP contribution is 2.39. The number of amides is 2. The number of aliphatic hydroxyl groups is 1. The third kappa shape index (κ3) is 6.57. The minimum atomic E-state index is -4.63. The third-order valence-corrected chi connectivity index (χ3v) is 7.60. The first-order valence-electron chi connectivity index (χ1n) is 12.0. The number of aromatic nitrogens is 2. The van der Waals surface area contributed by atoms with E-state index >= 15 is 0 Å². The van der Waals surface area contributed by atoms with Gasteiger partial charge in [-0.15, -0.1) is 11.3 Å². The Balaban J connectivity index is 2.09. The summed E-state index contributed by atoms with van der Waals surface area (Å²) in [7, 11) is 0. The number of hydrogen-bond acceptors (Lipinski definition) is 7. The van der Waals surface area contributed by atoms with E-state index in [2.05, 4.69) is 20.6 Å². The van der Waals surface area contributed by atoms with Crippen molar-refractivity contribution in [3.8, 4) is 10.4 Å². The molecule has 14 heteroatoms. The second-order valence-electron chi connectivity index (χ2n) is 9.90. The molecule has 0 radical (unpaired) electrons. The van der Waals surface area contributed by atoms with Crippen LogP contribution in [-0.2, 0) is 0 Å². The van der Waals surface area contributed by atoms with Gasteiger partial charge in [-0.2, -0.15) is 13.2 Å². The number of rotatable bonds is 8. The largest absolute Gasteiger partial charge is 0.408 e. The number of alkyl halides is 5. The maximum absolute atomic E-state index is 14.1. The lowest BCUT2D eigenvalue weighted by molar-refractivity contribution is -0.138. The normalized spacial score (nSPS) is 18.0. The lowest BCUT2D eigenvalue weighted by Gasteiger charge is -2.26. The van der Waals surface area contributed by atoms with Crippen LogP contribution in [0.1, 0.15) is 79.7 Å². The van der Waals surface area contributed by atoms with Gasteiger partial charge in [-0.25, -0.2) is 18.7 Å². The Labute approximate surface area is 220 Å². The Morgan fingerprint density at radius 1 is 1.21 bits per heavy atom. The zero-order valence-electron chi connectivity index (χ0n) is 21.5. The highest BCUT2D eigenvalue weighted by molar-refractivity contribution is 7.17. The lowest BCUT2D eigenvalue weighted by Crippen LogP contribution is -2.47. The Morgan fingerprint density at radius 3 is 2.39 bits per heavy atom. The monoisotopic (exact) mass is 563 g/mol. The molecule has 0 bridgehead atoms. The number of hydrogen-bond donors (Lipinski definition) is 3. The summed E-state index contributed by atoms with van der Waals surface area (Å²) in [5.41, 5.74) is -2.38. The van der Waals surface area contributed by atoms with Crippen molar-refractivity contribution in [1.82, 2.24) is 20.2 Å². The van der Waals surface area contributed by atoms with Crippen molar-refractivity contribution in [1.29, 1.82) is 0 Å². The van der Waals surface area contributed by atoms with Crippen molar-refractivity contribution in [2.75, 3.05) is 11.9 Å². The SMILES string of the molecule is C[C@H]1CCCN1C(=O)c1nc(C(=O)N[C@H](C)C(C)(C)O)sc1-c1cnc(N[C@H](C)C(F)(F)F)cc1C(F)F. The van der Waals surface area contributed by atoms with Crippen LogP contribution in [0.2, 0.25) is 0 Å². The molecule has 38 heavy (non-hydrogen) atoms. The minimum absolute atomic E-state index is 0.0478. The average molecular weight is 564 g/mol. The number of likely N-dealkylation sites (tertiary alicyclic amines) is 1. The highest BCUT2D eigenvalue weighted by atomic mass is 32.1. The van der Waals surface area contributed by atoms with E-state index in [9.17, 15) is 36.6 Å². The smallest absolute Gasteiger partial charge is 0.388 e. The highest BCUT2D eigenvalue weighted by Gasteiger charge is 2.37. The molecule has 0 aromatic carbocycles. The average Bonchev–Trinajstić information content (AvgIpc) is 3.44. The van der Waals surface area contributed by atoms with Crippen LogP contribution in [0, 0.1) is 0 Å². The molecule has 8 nitrogen and oxygen atoms in total. The Hall–Kier alpha value is -2.87. The van der Waals surface area contributed by atoms with Crippen molar-refractivity contribution in [3.63, 3.8) is 0 Å². The molecule has 3 N–H and O–H groups in total. The number of carbonyl (C=O) groups is 2. The lowest BCUT2D eigenvalue weighted by atomic mass is 10.0. The van der Waals surface area contributed by atoms with Crippen molar-refractivity contribution in [2.24, 2.45) is 0 Å². The summed E-state index contributed by atoms with van der Waals surface area (Å²) >= 11 is 0.691. The number of halogens is 5. The zero-order valence-corrected chi connectivity index (χ0v) is 22.3. The van der Waals surface area contributed by atoms with Gasteiger partial charge in [0.15, 0.2) is 5.01 Å². The van der Waals surface area contributed by atoms with E-state index in [1.165, 1.54) is 18.7 Å². The van der Waals surface area contributed by atoms with Gasteiger partial charge >= 0.3 is 6.18 Å². The fourth-order valence-electron chi connectivity index (χ4n) is 3.77. The quantitative estimate of drug-likeness (QED) is 0.390. The van der Waals surface area contributed by atoms with E-state index in [0.29, 0.717) is 17.9 Å². The van der Waals surface area contributed by atoms with Gasteiger partial charge in [0, 0.05) is 29.9 Å². The summed E-state index contributed by atoms with van der Waals surface area (Å²) in [6.45, 7) is 7.64. The van der Waals surface area contributed by atoms with Gasteiger partial charge in [0.05, 0.1) is 16.5 Å². The van der Waals surface area contributed by atoms with Crippen molar-refractivity contribution >= 4 is 29.0 Å². The number of anilines is 1. The molecule has 1 fully saturated rings. The van der Waals surface area contributed by atoms with Gasteiger partial charge in [0.25, 0.3) is 18.2 Å². The van der Waals surface area contributed by atoms with Crippen LogP contribution in [0.5, 0.6) is 0 Å². The molecule has 0 unspecified atom stereocenters. The van der Waals surface area contributed by atoms with E-state index in [1.807, 2.05) is 6.92 Å². The molecule has 0 saturated carbocycles. The summed E-state index contributed by atoms with van der Waals surface area (Å²) in [6.07, 6.45) is -5.32. The van der Waals surface area contributed by atoms with Crippen LogP contribution in [0.3, 0.4) is 0 Å². The molecule has 0 spiro atoms. The topological polar surface area (TPSA) is 107 Å². The van der Waals surface area contributed by atoms with E-state index in [1.54, 1.807) is 6.92 Å². The second kappa shape index (κ2) is 11.1. The second-order valence-corrected chi connectivity index (χ2v) is 10.9. The van der Waals surface area contributed by atoms with Crippen LogP contribution < -0.4 is 10.6 Å². The van der Waals surface area contributed by atoms with Crippen molar-refractivity contribution in [2.45, 2.75) is 83.8 Å². The van der Waals surface area contributed by atoms with Gasteiger partial charge in [0.1, 0.15) is 17.6 Å². The summed E-state index contributed by atoms with van der Waals surface area (Å²) in [6, 6.07) is -2.09. The maximum atomic E-state index is 14.1. The molecular formula is C24H30F5N5O3S. The molecule has 3 heterocycles. The third-order valence-electron chi connectivity index (χ3n) is 6.52. The standard InChI is InChI=1S/C24H30F5N5O3S/c1-11-7-6-8-34(11)22(36)17-18(38-21(33-17)20(35)32-12(2)23(4,5)37)15-10-30-16(9-14(15)19(25)26)31-13(3)24(27,28)29/h9-13,19,37H,6-8H2,1-5H3,(H,30,31)(H,32,35)/t11-,12+,13+/m0/s1. The van der Waals surface area contributed by atoms with Crippen LogP contribution in [-0.4, -0.2) is 68.2 Å². The number of nitrogens with zero attached hydrogens (tertiary/aromatic N) is 3. The van der Waals surface area contributed by atoms with Crippen LogP contribution in [0.15, 0.2) is 12.3 Å². The van der Waals surface area contributed by atoms with E-state index < -0.39 is 53.5 Å². The molecule has 2 aromatic rings. The van der Waals surface area contributed by atoms with Gasteiger partial charge < -0.3 is 20.6 Å². The Bertz CT molecular complexity index is 1180. The van der Waals surface area contributed by atoms with Crippen molar-refractivity contribution < 1.29 is 36.6 Å². The molecular weight excluding hydrogens is 533 g/mol. The number of thiazole rings is 1. The summed E-state index contributed by atoms with van der Waals surface area (Å²) in [5.74, 6) is -1.69. The molecule has 1 saturated heterocycles. The van der Waals surface area contributed by atoms with E-state index in [4.69, 9.17) is 0 Å². The molecule has 1 aliphatic heterocycles. The van der Waals surface area contributed by atoms with Crippen LogP contribution in [0.25, 0.3) is 10.4 Å².